The summed E-state index contributed by atoms with van der Waals surface area (Å²) < 4.78 is 16.4. The second-order valence-corrected chi connectivity index (χ2v) is 7.46. The molecule has 4 unspecified atom stereocenters. The highest BCUT2D eigenvalue weighted by atomic mass is 16.6. The summed E-state index contributed by atoms with van der Waals surface area (Å²) in [6.07, 6.45) is 2.87. The number of ether oxygens (including phenoxy) is 3. The molecule has 3 rings (SSSR count). The van der Waals surface area contributed by atoms with Crippen LogP contribution in [0.4, 0.5) is 4.79 Å². The topological polar surface area (TPSA) is 102 Å². The maximum absolute atomic E-state index is 13.1. The van der Waals surface area contributed by atoms with Crippen molar-refractivity contribution in [3.05, 3.63) is 59.9 Å². The molecule has 2 aliphatic heterocycles. The number of allylic oxidation sites excluding steroid dienone is 1. The van der Waals surface area contributed by atoms with Crippen LogP contribution in [0.25, 0.3) is 0 Å². The first-order chi connectivity index (χ1) is 14.9. The third kappa shape index (κ3) is 5.21. The first kappa shape index (κ1) is 22.7. The lowest BCUT2D eigenvalue weighted by atomic mass is 9.95. The normalized spacial score (nSPS) is 25.5. The molecular formula is C23H27NO7. The van der Waals surface area contributed by atoms with Crippen molar-refractivity contribution in [1.29, 1.82) is 0 Å². The van der Waals surface area contributed by atoms with Gasteiger partial charge in [-0.3, -0.25) is 9.59 Å². The maximum Gasteiger partial charge on any atom is 0.417 e. The number of amides is 2. The van der Waals surface area contributed by atoms with E-state index >= 15 is 0 Å². The molecule has 1 aromatic rings. The number of aliphatic hydroxyl groups excluding tert-OH is 1. The Morgan fingerprint density at radius 3 is 2.65 bits per heavy atom. The van der Waals surface area contributed by atoms with Crippen molar-refractivity contribution in [3.8, 4) is 0 Å². The van der Waals surface area contributed by atoms with Gasteiger partial charge in [-0.15, -0.1) is 0 Å². The van der Waals surface area contributed by atoms with E-state index in [-0.39, 0.29) is 19.0 Å². The average molecular weight is 429 g/mol. The molecule has 0 radical (unpaired) electrons. The second kappa shape index (κ2) is 10.4. The molecule has 0 bridgehead atoms. The summed E-state index contributed by atoms with van der Waals surface area (Å²) in [5.41, 5.74) is 0.799. The zero-order chi connectivity index (χ0) is 22.4. The standard InChI is InChI=1S/C23H27NO7/c1-15(20-19(26)11-10-18(30-20)9-6-13-29-14-12-25)22(27)24-16(2)21(31-23(24)28)17-7-4-3-5-8-17/h3-5,7-11,15-16,20-21,25H,6,12-14H2,1-2H3. The van der Waals surface area contributed by atoms with Gasteiger partial charge >= 0.3 is 6.09 Å². The van der Waals surface area contributed by atoms with Crippen LogP contribution in [0.15, 0.2) is 54.3 Å². The number of cyclic esters (lactones) is 1. The summed E-state index contributed by atoms with van der Waals surface area (Å²) in [5.74, 6) is -1.28. The fourth-order valence-electron chi connectivity index (χ4n) is 3.61. The Morgan fingerprint density at radius 1 is 1.19 bits per heavy atom. The SMILES string of the molecule is CC(C(=O)N1C(=O)OC(c2ccccc2)C1C)C1OC(=CCCOCCO)C=CC1=O. The number of imide groups is 1. The molecule has 0 aliphatic carbocycles. The van der Waals surface area contributed by atoms with Crippen LogP contribution >= 0.6 is 0 Å². The molecule has 0 aromatic heterocycles. The smallest absolute Gasteiger partial charge is 0.417 e. The summed E-state index contributed by atoms with van der Waals surface area (Å²) in [4.78, 5) is 39.1. The summed E-state index contributed by atoms with van der Waals surface area (Å²) >= 11 is 0. The van der Waals surface area contributed by atoms with Crippen LogP contribution < -0.4 is 0 Å². The van der Waals surface area contributed by atoms with Gasteiger partial charge in [-0.2, -0.15) is 0 Å². The van der Waals surface area contributed by atoms with Crippen LogP contribution in [0, 0.1) is 5.92 Å². The third-order valence-corrected chi connectivity index (χ3v) is 5.28. The van der Waals surface area contributed by atoms with Crippen LogP contribution in [0.2, 0.25) is 0 Å². The summed E-state index contributed by atoms with van der Waals surface area (Å²) in [6.45, 7) is 3.91. The molecular weight excluding hydrogens is 402 g/mol. The largest absolute Gasteiger partial charge is 0.482 e. The quantitative estimate of drug-likeness (QED) is 0.634. The number of carbonyl (C=O) groups is 3. The van der Waals surface area contributed by atoms with E-state index in [1.807, 2.05) is 30.3 Å². The van der Waals surface area contributed by atoms with Crippen molar-refractivity contribution in [2.24, 2.45) is 5.92 Å². The first-order valence-corrected chi connectivity index (χ1v) is 10.3. The van der Waals surface area contributed by atoms with Crippen molar-refractivity contribution in [3.63, 3.8) is 0 Å². The van der Waals surface area contributed by atoms with Gasteiger partial charge in [0.15, 0.2) is 11.9 Å². The summed E-state index contributed by atoms with van der Waals surface area (Å²) in [7, 11) is 0. The van der Waals surface area contributed by atoms with Gasteiger partial charge in [-0.1, -0.05) is 30.3 Å². The van der Waals surface area contributed by atoms with Crippen LogP contribution in [-0.2, 0) is 23.8 Å². The predicted molar refractivity (Wildman–Crippen MR) is 111 cm³/mol. The number of hydrogen-bond donors (Lipinski definition) is 1. The van der Waals surface area contributed by atoms with E-state index in [0.29, 0.717) is 18.8 Å². The van der Waals surface area contributed by atoms with E-state index in [4.69, 9.17) is 19.3 Å². The molecule has 166 valence electrons. The van der Waals surface area contributed by atoms with Gasteiger partial charge in [-0.05, 0) is 44.1 Å². The minimum atomic E-state index is -1.03. The fourth-order valence-corrected chi connectivity index (χ4v) is 3.61. The molecule has 1 N–H and O–H groups in total. The van der Waals surface area contributed by atoms with Crippen molar-refractivity contribution in [1.82, 2.24) is 4.90 Å². The van der Waals surface area contributed by atoms with Crippen LogP contribution in [0.5, 0.6) is 0 Å². The molecule has 8 nitrogen and oxygen atoms in total. The number of ketones is 1. The Kier molecular flexibility index (Phi) is 7.59. The lowest BCUT2D eigenvalue weighted by Crippen LogP contribution is -2.47. The Labute approximate surface area is 181 Å². The average Bonchev–Trinajstić information content (AvgIpc) is 3.08. The molecule has 2 heterocycles. The Morgan fingerprint density at radius 2 is 1.94 bits per heavy atom. The molecule has 2 aliphatic rings. The molecule has 2 amide bonds. The van der Waals surface area contributed by atoms with Crippen molar-refractivity contribution in [2.75, 3.05) is 19.8 Å². The van der Waals surface area contributed by atoms with Gasteiger partial charge in [0.2, 0.25) is 5.91 Å². The summed E-state index contributed by atoms with van der Waals surface area (Å²) in [5, 5.41) is 8.72. The number of carbonyl (C=O) groups excluding carboxylic acids is 3. The van der Waals surface area contributed by atoms with Gasteiger partial charge in [-0.25, -0.2) is 9.69 Å². The van der Waals surface area contributed by atoms with Gasteiger partial charge in [0.25, 0.3) is 0 Å². The minimum absolute atomic E-state index is 0.0499. The highest BCUT2D eigenvalue weighted by molar-refractivity contribution is 6.01. The molecule has 1 aromatic carbocycles. The van der Waals surface area contributed by atoms with E-state index in [2.05, 4.69) is 0 Å². The Hall–Kier alpha value is -2.97. The Bertz CT molecular complexity index is 864. The van der Waals surface area contributed by atoms with Crippen LogP contribution in [-0.4, -0.2) is 59.8 Å². The zero-order valence-electron chi connectivity index (χ0n) is 17.6. The van der Waals surface area contributed by atoms with Gasteiger partial charge in [0.05, 0.1) is 31.8 Å². The molecule has 0 spiro atoms. The van der Waals surface area contributed by atoms with Crippen LogP contribution in [0.1, 0.15) is 31.9 Å². The highest BCUT2D eigenvalue weighted by Crippen LogP contribution is 2.34. The number of nitrogens with zero attached hydrogens (tertiary/aromatic N) is 1. The lowest BCUT2D eigenvalue weighted by Gasteiger charge is -2.28. The molecule has 4 atom stereocenters. The third-order valence-electron chi connectivity index (χ3n) is 5.28. The van der Waals surface area contributed by atoms with E-state index in [1.54, 1.807) is 26.0 Å². The fraction of sp³-hybridized carbons (Fsp3) is 0.435. The molecule has 1 saturated heterocycles. The number of aliphatic hydroxyl groups is 1. The highest BCUT2D eigenvalue weighted by Gasteiger charge is 2.47. The minimum Gasteiger partial charge on any atom is -0.482 e. The van der Waals surface area contributed by atoms with Gasteiger partial charge in [0, 0.05) is 0 Å². The van der Waals surface area contributed by atoms with Crippen molar-refractivity contribution >= 4 is 17.8 Å². The van der Waals surface area contributed by atoms with Crippen molar-refractivity contribution in [2.45, 2.75) is 38.5 Å². The maximum atomic E-state index is 13.1. The van der Waals surface area contributed by atoms with Crippen LogP contribution in [0.3, 0.4) is 0 Å². The van der Waals surface area contributed by atoms with Gasteiger partial charge < -0.3 is 19.3 Å². The summed E-state index contributed by atoms with van der Waals surface area (Å²) in [6, 6.07) is 8.70. The van der Waals surface area contributed by atoms with Crippen molar-refractivity contribution < 1.29 is 33.7 Å². The molecule has 1 fully saturated rings. The Balaban J connectivity index is 1.67. The monoisotopic (exact) mass is 429 g/mol. The van der Waals surface area contributed by atoms with E-state index < -0.39 is 36.2 Å². The lowest BCUT2D eigenvalue weighted by molar-refractivity contribution is -0.142. The zero-order valence-corrected chi connectivity index (χ0v) is 17.6. The number of hydrogen-bond acceptors (Lipinski definition) is 7. The molecule has 8 heteroatoms. The second-order valence-electron chi connectivity index (χ2n) is 7.46. The first-order valence-electron chi connectivity index (χ1n) is 10.3. The predicted octanol–water partition coefficient (Wildman–Crippen LogP) is 2.54. The van der Waals surface area contributed by atoms with E-state index in [0.717, 1.165) is 10.5 Å². The molecule has 31 heavy (non-hydrogen) atoms. The molecule has 0 saturated carbocycles. The van der Waals surface area contributed by atoms with E-state index in [9.17, 15) is 14.4 Å². The number of rotatable bonds is 8. The number of benzene rings is 1. The van der Waals surface area contributed by atoms with Gasteiger partial charge in [0.1, 0.15) is 11.9 Å². The van der Waals surface area contributed by atoms with E-state index in [1.165, 1.54) is 6.08 Å².